The van der Waals surface area contributed by atoms with Crippen LogP contribution in [0.15, 0.2) is 41.3 Å². The van der Waals surface area contributed by atoms with E-state index in [9.17, 15) is 0 Å². The maximum atomic E-state index is 5.70. The van der Waals surface area contributed by atoms with Crippen LogP contribution in [0.25, 0.3) is 0 Å². The highest BCUT2D eigenvalue weighted by Gasteiger charge is 2.27. The van der Waals surface area contributed by atoms with Gasteiger partial charge in [0, 0.05) is 12.7 Å². The Morgan fingerprint density at radius 2 is 2.26 bits per heavy atom. The molecule has 1 heterocycles. The zero-order valence-electron chi connectivity index (χ0n) is 11.6. The molecule has 2 rings (SSSR count). The van der Waals surface area contributed by atoms with Gasteiger partial charge in [0.1, 0.15) is 5.82 Å². The topological polar surface area (TPSA) is 67.6 Å². The van der Waals surface area contributed by atoms with Gasteiger partial charge in [-0.25, -0.2) is 4.99 Å². The van der Waals surface area contributed by atoms with E-state index < -0.39 is 0 Å². The third-order valence-corrected chi connectivity index (χ3v) is 3.41. The summed E-state index contributed by atoms with van der Waals surface area (Å²) in [6.45, 7) is 4.87. The number of rotatable bonds is 3. The molecule has 1 atom stereocenters. The minimum absolute atomic E-state index is 0.345. The highest BCUT2D eigenvalue weighted by Crippen LogP contribution is 2.35. The number of amidine groups is 1. The number of hydrogen-bond donors (Lipinski definition) is 2. The van der Waals surface area contributed by atoms with Crippen molar-refractivity contribution in [2.45, 2.75) is 32.7 Å². The Labute approximate surface area is 114 Å². The van der Waals surface area contributed by atoms with Crippen LogP contribution in [0, 0.1) is 6.92 Å². The highest BCUT2D eigenvalue weighted by atomic mass is 15.3. The van der Waals surface area contributed by atoms with Gasteiger partial charge in [-0.05, 0) is 32.3 Å². The van der Waals surface area contributed by atoms with Crippen molar-refractivity contribution in [3.8, 4) is 0 Å². The van der Waals surface area contributed by atoms with Gasteiger partial charge in [-0.1, -0.05) is 29.8 Å². The Hall–Kier alpha value is -1.97. The number of likely N-dealkylation sites (tertiary alicyclic amines) is 1. The van der Waals surface area contributed by atoms with Crippen LogP contribution in [-0.2, 0) is 0 Å². The number of benzene rings is 1. The molecule has 0 aliphatic carbocycles. The third-order valence-electron chi connectivity index (χ3n) is 3.41. The second kappa shape index (κ2) is 5.78. The Balaban J connectivity index is 2.28. The molecule has 4 N–H and O–H groups in total. The molecule has 1 aliphatic rings. The van der Waals surface area contributed by atoms with E-state index in [1.54, 1.807) is 13.1 Å². The molecule has 4 heteroatoms. The largest absolute Gasteiger partial charge is 0.402 e. The van der Waals surface area contributed by atoms with Crippen LogP contribution >= 0.6 is 0 Å². The Kier molecular flexibility index (Phi) is 4.10. The van der Waals surface area contributed by atoms with E-state index in [0.29, 0.717) is 11.9 Å². The second-order valence-electron chi connectivity index (χ2n) is 5.04. The van der Waals surface area contributed by atoms with Crippen LogP contribution in [-0.4, -0.2) is 17.3 Å². The summed E-state index contributed by atoms with van der Waals surface area (Å²) in [5, 5.41) is 0. The lowest BCUT2D eigenvalue weighted by molar-refractivity contribution is 0.323. The van der Waals surface area contributed by atoms with Crippen LogP contribution < -0.4 is 11.5 Å². The first kappa shape index (κ1) is 13.5. The van der Waals surface area contributed by atoms with Crippen molar-refractivity contribution in [3.63, 3.8) is 0 Å². The molecule has 4 nitrogen and oxygen atoms in total. The van der Waals surface area contributed by atoms with E-state index in [1.165, 1.54) is 11.1 Å². The number of hydrogen-bond acceptors (Lipinski definition) is 3. The normalized spacial score (nSPS) is 20.9. The molecule has 0 spiro atoms. The van der Waals surface area contributed by atoms with Crippen molar-refractivity contribution < 1.29 is 0 Å². The lowest BCUT2D eigenvalue weighted by Crippen LogP contribution is -2.24. The molecule has 0 radical (unpaired) electrons. The summed E-state index contributed by atoms with van der Waals surface area (Å²) in [6, 6.07) is 8.96. The highest BCUT2D eigenvalue weighted by molar-refractivity contribution is 5.78. The summed E-state index contributed by atoms with van der Waals surface area (Å²) in [6.07, 6.45) is 3.82. The summed E-state index contributed by atoms with van der Waals surface area (Å²) in [4.78, 5) is 6.57. The molecule has 1 aromatic rings. The summed E-state index contributed by atoms with van der Waals surface area (Å²) in [5.41, 5.74) is 14.0. The molecule has 1 saturated heterocycles. The monoisotopic (exact) mass is 258 g/mol. The number of nitrogens with zero attached hydrogens (tertiary/aromatic N) is 2. The van der Waals surface area contributed by atoms with E-state index in [4.69, 9.17) is 11.5 Å². The molecule has 19 heavy (non-hydrogen) atoms. The minimum atomic E-state index is 0.345. The van der Waals surface area contributed by atoms with Crippen molar-refractivity contribution in [2.75, 3.05) is 6.54 Å². The number of aliphatic imine (C=N–C) groups is 1. The van der Waals surface area contributed by atoms with Crippen LogP contribution in [0.4, 0.5) is 0 Å². The van der Waals surface area contributed by atoms with Crippen LogP contribution in [0.1, 0.15) is 36.9 Å². The average molecular weight is 258 g/mol. The van der Waals surface area contributed by atoms with Crippen molar-refractivity contribution in [3.05, 3.63) is 47.4 Å². The first-order chi connectivity index (χ1) is 9.11. The molecule has 0 bridgehead atoms. The van der Waals surface area contributed by atoms with Gasteiger partial charge in [-0.3, -0.25) is 0 Å². The molecular weight excluding hydrogens is 236 g/mol. The minimum Gasteiger partial charge on any atom is -0.402 e. The fourth-order valence-electron chi connectivity index (χ4n) is 2.64. The first-order valence-electron chi connectivity index (χ1n) is 6.67. The van der Waals surface area contributed by atoms with Crippen molar-refractivity contribution in [2.24, 2.45) is 16.5 Å². The summed E-state index contributed by atoms with van der Waals surface area (Å²) in [5.74, 6) is 1.30. The molecule has 0 amide bonds. The summed E-state index contributed by atoms with van der Waals surface area (Å²) in [7, 11) is 0. The molecule has 1 aliphatic heterocycles. The van der Waals surface area contributed by atoms with Crippen LogP contribution in [0.3, 0.4) is 0 Å². The van der Waals surface area contributed by atoms with E-state index in [0.717, 1.165) is 25.2 Å². The van der Waals surface area contributed by atoms with Gasteiger partial charge in [-0.15, -0.1) is 0 Å². The lowest BCUT2D eigenvalue weighted by atomic mass is 10.0. The van der Waals surface area contributed by atoms with Gasteiger partial charge >= 0.3 is 0 Å². The van der Waals surface area contributed by atoms with E-state index in [2.05, 4.69) is 41.1 Å². The third kappa shape index (κ3) is 3.08. The fraction of sp³-hybridized carbons (Fsp3) is 0.400. The van der Waals surface area contributed by atoms with Gasteiger partial charge in [0.2, 0.25) is 0 Å². The molecule has 1 aromatic carbocycles. The zero-order valence-corrected chi connectivity index (χ0v) is 11.6. The van der Waals surface area contributed by atoms with Crippen LogP contribution in [0.2, 0.25) is 0 Å². The fourth-order valence-corrected chi connectivity index (χ4v) is 2.64. The standard InChI is InChI=1S/C15H22N4/c1-11-5-3-6-13(9-11)14-7-4-8-19(14)15(10-16)18-12(2)17/h3,5-6,9-10,14H,4,7-8,16H2,1-2H3,(H2,17,18)/b15-10+. The molecule has 0 aromatic heterocycles. The second-order valence-corrected chi connectivity index (χ2v) is 5.04. The Bertz CT molecular complexity index is 501. The predicted molar refractivity (Wildman–Crippen MR) is 79.4 cm³/mol. The summed E-state index contributed by atoms with van der Waals surface area (Å²) < 4.78 is 0. The van der Waals surface area contributed by atoms with Gasteiger partial charge < -0.3 is 16.4 Å². The van der Waals surface area contributed by atoms with Gasteiger partial charge in [0.05, 0.1) is 11.9 Å². The van der Waals surface area contributed by atoms with E-state index in [1.807, 2.05) is 0 Å². The zero-order chi connectivity index (χ0) is 13.8. The van der Waals surface area contributed by atoms with Crippen molar-refractivity contribution in [1.29, 1.82) is 0 Å². The van der Waals surface area contributed by atoms with Gasteiger partial charge in [-0.2, -0.15) is 0 Å². The van der Waals surface area contributed by atoms with Crippen LogP contribution in [0.5, 0.6) is 0 Å². The van der Waals surface area contributed by atoms with E-state index >= 15 is 0 Å². The van der Waals surface area contributed by atoms with Gasteiger partial charge in [0.15, 0.2) is 0 Å². The number of nitrogens with two attached hydrogens (primary N) is 2. The lowest BCUT2D eigenvalue weighted by Gasteiger charge is -2.27. The molecule has 1 fully saturated rings. The van der Waals surface area contributed by atoms with E-state index in [-0.39, 0.29) is 0 Å². The Morgan fingerprint density at radius 1 is 1.47 bits per heavy atom. The first-order valence-corrected chi connectivity index (χ1v) is 6.67. The molecule has 102 valence electrons. The molecule has 0 saturated carbocycles. The molecular formula is C15H22N4. The van der Waals surface area contributed by atoms with Crippen molar-refractivity contribution >= 4 is 5.84 Å². The van der Waals surface area contributed by atoms with Crippen molar-refractivity contribution in [1.82, 2.24) is 4.90 Å². The maximum absolute atomic E-state index is 5.70. The smallest absolute Gasteiger partial charge is 0.146 e. The SMILES string of the molecule is C/C(N)=N\C(=C/N)N1CCCC1c1cccc(C)c1. The number of aryl methyl sites for hydroxylation is 1. The molecule has 1 unspecified atom stereocenters. The average Bonchev–Trinajstić information content (AvgIpc) is 2.84. The van der Waals surface area contributed by atoms with Gasteiger partial charge in [0.25, 0.3) is 0 Å². The quantitative estimate of drug-likeness (QED) is 0.645. The predicted octanol–water partition coefficient (Wildman–Crippen LogP) is 2.27. The maximum Gasteiger partial charge on any atom is 0.146 e. The Morgan fingerprint density at radius 3 is 2.89 bits per heavy atom. The summed E-state index contributed by atoms with van der Waals surface area (Å²) >= 11 is 0.